The Bertz CT molecular complexity index is 817. The summed E-state index contributed by atoms with van der Waals surface area (Å²) in [5, 5.41) is 17.5. The Labute approximate surface area is 130 Å². The maximum Gasteiger partial charge on any atom is 0.381 e. The molecule has 0 saturated carbocycles. The summed E-state index contributed by atoms with van der Waals surface area (Å²) in [6.07, 6.45) is 2.38. The van der Waals surface area contributed by atoms with Crippen LogP contribution in [0.25, 0.3) is 5.82 Å². The third kappa shape index (κ3) is 3.64. The minimum absolute atomic E-state index is 0.0184. The van der Waals surface area contributed by atoms with E-state index in [1.165, 1.54) is 12.4 Å². The molecule has 126 valence electrons. The third-order valence-electron chi connectivity index (χ3n) is 2.71. The highest BCUT2D eigenvalue weighted by Crippen LogP contribution is 2.57. The van der Waals surface area contributed by atoms with E-state index >= 15 is 0 Å². The summed E-state index contributed by atoms with van der Waals surface area (Å²) in [6, 6.07) is 1.13. The van der Waals surface area contributed by atoms with E-state index in [1.54, 1.807) is 13.8 Å². The molecule has 2 rings (SSSR count). The van der Waals surface area contributed by atoms with Crippen molar-refractivity contribution in [2.45, 2.75) is 19.8 Å². The van der Waals surface area contributed by atoms with Gasteiger partial charge in [-0.2, -0.15) is 0 Å². The van der Waals surface area contributed by atoms with Crippen molar-refractivity contribution in [2.24, 2.45) is 0 Å². The van der Waals surface area contributed by atoms with E-state index in [-0.39, 0.29) is 19.0 Å². The van der Waals surface area contributed by atoms with Crippen LogP contribution in [0.3, 0.4) is 0 Å². The highest BCUT2D eigenvalue weighted by atomic mass is 31.2. The molecule has 2 aromatic heterocycles. The molecule has 1 unspecified atom stereocenters. The molecule has 0 spiro atoms. The van der Waals surface area contributed by atoms with Crippen molar-refractivity contribution in [3.8, 4) is 5.82 Å². The van der Waals surface area contributed by atoms with Gasteiger partial charge in [-0.15, -0.1) is 5.10 Å². The van der Waals surface area contributed by atoms with E-state index in [4.69, 9.17) is 9.05 Å². The second kappa shape index (κ2) is 7.01. The van der Waals surface area contributed by atoms with Crippen LogP contribution in [0.15, 0.2) is 28.0 Å². The van der Waals surface area contributed by atoms with Crippen LogP contribution >= 0.6 is 7.60 Å². The van der Waals surface area contributed by atoms with E-state index in [2.05, 4.69) is 15.3 Å². The molecule has 0 aromatic carbocycles. The van der Waals surface area contributed by atoms with E-state index < -0.39 is 24.8 Å². The Balaban J connectivity index is 2.36. The maximum absolute atomic E-state index is 12.5. The van der Waals surface area contributed by atoms with Gasteiger partial charge >= 0.3 is 13.3 Å². The molecule has 0 saturated heterocycles. The topological polar surface area (TPSA) is 141 Å². The van der Waals surface area contributed by atoms with Crippen LogP contribution in [0.4, 0.5) is 0 Å². The summed E-state index contributed by atoms with van der Waals surface area (Å²) >= 11 is 0. The first kappa shape index (κ1) is 17.3. The summed E-state index contributed by atoms with van der Waals surface area (Å²) in [7, 11) is -3.86. The van der Waals surface area contributed by atoms with Crippen LogP contribution in [0, 0.1) is 0 Å². The van der Waals surface area contributed by atoms with Crippen molar-refractivity contribution in [3.05, 3.63) is 39.3 Å². The van der Waals surface area contributed by atoms with Gasteiger partial charge in [0.2, 0.25) is 0 Å². The standard InChI is InChI=1S/C11H16N5O6P/c1-3-21-23(20,22-4-2)11(19)16-7-8(13-14-16)15-6-5-9(17)12-10(15)18/h5-7,11,19H,3-4H2,1-2H3,(H,12,17,18). The zero-order valence-electron chi connectivity index (χ0n) is 12.4. The number of aromatic amines is 1. The number of aromatic nitrogens is 5. The highest BCUT2D eigenvalue weighted by molar-refractivity contribution is 7.53. The summed E-state index contributed by atoms with van der Waals surface area (Å²) in [5.74, 6) is -1.70. The molecule has 2 heterocycles. The average molecular weight is 345 g/mol. The summed E-state index contributed by atoms with van der Waals surface area (Å²) in [6.45, 7) is 3.33. The summed E-state index contributed by atoms with van der Waals surface area (Å²) < 4.78 is 24.4. The normalized spacial score (nSPS) is 13.2. The lowest BCUT2D eigenvalue weighted by Gasteiger charge is -2.21. The van der Waals surface area contributed by atoms with E-state index in [0.29, 0.717) is 0 Å². The quantitative estimate of drug-likeness (QED) is 0.659. The van der Waals surface area contributed by atoms with Gasteiger partial charge in [0.15, 0.2) is 5.82 Å². The number of nitrogens with one attached hydrogen (secondary N) is 1. The molecule has 1 atom stereocenters. The van der Waals surface area contributed by atoms with Gasteiger partial charge in [-0.05, 0) is 13.8 Å². The number of aliphatic hydroxyl groups excluding tert-OH is 1. The van der Waals surface area contributed by atoms with Crippen molar-refractivity contribution in [3.63, 3.8) is 0 Å². The van der Waals surface area contributed by atoms with Crippen LogP contribution in [0.1, 0.15) is 19.8 Å². The molecule has 23 heavy (non-hydrogen) atoms. The lowest BCUT2D eigenvalue weighted by molar-refractivity contribution is 0.100. The molecule has 12 heteroatoms. The molecule has 0 aliphatic rings. The first-order valence-electron chi connectivity index (χ1n) is 6.72. The fourth-order valence-electron chi connectivity index (χ4n) is 1.76. The molecule has 0 amide bonds. The van der Waals surface area contributed by atoms with Gasteiger partial charge in [0.05, 0.1) is 19.4 Å². The third-order valence-corrected chi connectivity index (χ3v) is 4.74. The van der Waals surface area contributed by atoms with Crippen molar-refractivity contribution in [1.82, 2.24) is 24.5 Å². The number of rotatable bonds is 7. The number of hydrogen-bond donors (Lipinski definition) is 2. The predicted molar refractivity (Wildman–Crippen MR) is 78.4 cm³/mol. The number of H-pyrrole nitrogens is 1. The monoisotopic (exact) mass is 345 g/mol. The lowest BCUT2D eigenvalue weighted by atomic mass is 10.6. The Morgan fingerprint density at radius 1 is 1.35 bits per heavy atom. The minimum Gasteiger partial charge on any atom is -0.362 e. The number of aliphatic hydroxyl groups is 1. The van der Waals surface area contributed by atoms with E-state index in [0.717, 1.165) is 15.3 Å². The molecule has 2 N–H and O–H groups in total. The molecule has 0 aliphatic heterocycles. The largest absolute Gasteiger partial charge is 0.381 e. The maximum atomic E-state index is 12.5. The van der Waals surface area contributed by atoms with Gasteiger partial charge in [-0.1, -0.05) is 5.21 Å². The molecule has 0 radical (unpaired) electrons. The average Bonchev–Trinajstić information content (AvgIpc) is 2.96. The first-order chi connectivity index (χ1) is 10.9. The van der Waals surface area contributed by atoms with Gasteiger partial charge in [0.1, 0.15) is 0 Å². The second-order valence-electron chi connectivity index (χ2n) is 4.26. The van der Waals surface area contributed by atoms with Gasteiger partial charge in [0.25, 0.3) is 11.5 Å². The van der Waals surface area contributed by atoms with Gasteiger partial charge in [-0.3, -0.25) is 18.9 Å². The first-order valence-corrected chi connectivity index (χ1v) is 8.33. The van der Waals surface area contributed by atoms with Crippen LogP contribution in [-0.2, 0) is 13.6 Å². The predicted octanol–water partition coefficient (Wildman–Crippen LogP) is -0.168. The van der Waals surface area contributed by atoms with Crippen molar-refractivity contribution in [2.75, 3.05) is 13.2 Å². The highest BCUT2D eigenvalue weighted by Gasteiger charge is 2.36. The molecule has 11 nitrogen and oxygen atoms in total. The van der Waals surface area contributed by atoms with Gasteiger partial charge < -0.3 is 14.2 Å². The molecule has 0 aliphatic carbocycles. The zero-order chi connectivity index (χ0) is 17.0. The van der Waals surface area contributed by atoms with Gasteiger partial charge in [-0.25, -0.2) is 9.48 Å². The Morgan fingerprint density at radius 3 is 2.57 bits per heavy atom. The fourth-order valence-corrected chi connectivity index (χ4v) is 3.23. The van der Waals surface area contributed by atoms with Crippen LogP contribution < -0.4 is 11.2 Å². The number of nitrogens with zero attached hydrogens (tertiary/aromatic N) is 4. The smallest absolute Gasteiger partial charge is 0.362 e. The second-order valence-corrected chi connectivity index (χ2v) is 6.32. The van der Waals surface area contributed by atoms with Crippen LogP contribution in [-0.4, -0.2) is 42.9 Å². The molecule has 2 aromatic rings. The summed E-state index contributed by atoms with van der Waals surface area (Å²) in [4.78, 5) is 24.8. The van der Waals surface area contributed by atoms with Crippen LogP contribution in [0.5, 0.6) is 0 Å². The van der Waals surface area contributed by atoms with Crippen molar-refractivity contribution < 1.29 is 18.7 Å². The summed E-state index contributed by atoms with van der Waals surface area (Å²) in [5.41, 5.74) is -1.28. The Kier molecular flexibility index (Phi) is 5.26. The van der Waals surface area contributed by atoms with Crippen LogP contribution in [0.2, 0.25) is 0 Å². The molecular formula is C11H16N5O6P. The minimum atomic E-state index is -3.86. The Hall–Kier alpha value is -2.07. The lowest BCUT2D eigenvalue weighted by Crippen LogP contribution is -2.27. The van der Waals surface area contributed by atoms with Crippen molar-refractivity contribution >= 4 is 7.60 Å². The zero-order valence-corrected chi connectivity index (χ0v) is 13.3. The Morgan fingerprint density at radius 2 is 2.00 bits per heavy atom. The molecule has 0 bridgehead atoms. The molecular weight excluding hydrogens is 329 g/mol. The van der Waals surface area contributed by atoms with Crippen molar-refractivity contribution in [1.29, 1.82) is 0 Å². The number of hydrogen-bond acceptors (Lipinski definition) is 8. The fraction of sp³-hybridized carbons (Fsp3) is 0.455. The van der Waals surface area contributed by atoms with E-state index in [9.17, 15) is 19.3 Å². The van der Waals surface area contributed by atoms with Gasteiger partial charge in [0, 0.05) is 12.3 Å². The van der Waals surface area contributed by atoms with E-state index in [1.807, 2.05) is 0 Å². The molecule has 0 fully saturated rings. The SMILES string of the molecule is CCOP(=O)(OCC)C(O)n1cc(-n2ccc(=O)[nH]c2=O)nn1.